The Morgan fingerprint density at radius 3 is 2.79 bits per heavy atom. The Balaban J connectivity index is 1.78. The van der Waals surface area contributed by atoms with Crippen molar-refractivity contribution in [1.82, 2.24) is 14.8 Å². The van der Waals surface area contributed by atoms with E-state index in [1.54, 1.807) is 18.3 Å². The molecule has 2 aromatic rings. The third-order valence-electron chi connectivity index (χ3n) is 4.55. The molecule has 24 heavy (non-hydrogen) atoms. The molecule has 0 bridgehead atoms. The van der Waals surface area contributed by atoms with Gasteiger partial charge in [0.1, 0.15) is 5.56 Å². The van der Waals surface area contributed by atoms with E-state index in [4.69, 9.17) is 16.4 Å². The molecule has 130 valence electrons. The Morgan fingerprint density at radius 1 is 1.58 bits per heavy atom. The number of hydroxylamine groups is 2. The van der Waals surface area contributed by atoms with E-state index < -0.39 is 11.9 Å². The van der Waals surface area contributed by atoms with Crippen molar-refractivity contribution in [3.8, 4) is 0 Å². The largest absolute Gasteiger partial charge is 0.284 e. The summed E-state index contributed by atoms with van der Waals surface area (Å²) in [7, 11) is 2.90. The summed E-state index contributed by atoms with van der Waals surface area (Å²) >= 11 is 7.56. The fourth-order valence-electron chi connectivity index (χ4n) is 3.19. The van der Waals surface area contributed by atoms with Crippen molar-refractivity contribution in [1.29, 1.82) is 0 Å². The van der Waals surface area contributed by atoms with Crippen LogP contribution in [-0.4, -0.2) is 33.9 Å². The van der Waals surface area contributed by atoms with E-state index in [0.29, 0.717) is 11.6 Å². The molecule has 3 rings (SSSR count). The summed E-state index contributed by atoms with van der Waals surface area (Å²) in [5.74, 6) is -0.515. The zero-order chi connectivity index (χ0) is 17.6. The Labute approximate surface area is 148 Å². The molecule has 8 heteroatoms. The van der Waals surface area contributed by atoms with Gasteiger partial charge in [0.15, 0.2) is 0 Å². The second kappa shape index (κ2) is 6.46. The Morgan fingerprint density at radius 2 is 2.29 bits per heavy atom. The summed E-state index contributed by atoms with van der Waals surface area (Å²) < 4.78 is 16.0. The third kappa shape index (κ3) is 2.96. The van der Waals surface area contributed by atoms with Gasteiger partial charge >= 0.3 is 0 Å². The Bertz CT molecular complexity index is 775. The van der Waals surface area contributed by atoms with Crippen molar-refractivity contribution < 1.29 is 14.0 Å². The highest BCUT2D eigenvalue weighted by molar-refractivity contribution is 7.16. The summed E-state index contributed by atoms with van der Waals surface area (Å²) in [6.07, 6.45) is 0.958. The number of halogens is 2. The molecule has 0 radical (unpaired) electrons. The summed E-state index contributed by atoms with van der Waals surface area (Å²) in [4.78, 5) is 19.2. The lowest BCUT2D eigenvalue weighted by molar-refractivity contribution is -0.124. The average Bonchev–Trinajstić information content (AvgIpc) is 3.14. The molecule has 0 N–H and O–H groups in total. The van der Waals surface area contributed by atoms with E-state index >= 15 is 0 Å². The van der Waals surface area contributed by atoms with E-state index in [-0.39, 0.29) is 17.5 Å². The first-order valence-corrected chi connectivity index (χ1v) is 8.86. The number of thiophene rings is 1. The maximum absolute atomic E-state index is 14.2. The second-order valence-corrected chi connectivity index (χ2v) is 7.82. The number of carbonyl (C=O) groups is 1. The molecule has 3 unspecified atom stereocenters. The van der Waals surface area contributed by atoms with Crippen molar-refractivity contribution in [3.63, 3.8) is 0 Å². The lowest BCUT2D eigenvalue weighted by Gasteiger charge is -2.26. The highest BCUT2D eigenvalue weighted by Gasteiger charge is 2.47. The number of hydrogen-bond acceptors (Lipinski definition) is 4. The normalized spacial score (nSPS) is 20.9. The number of aryl methyl sites for hydroxylation is 2. The van der Waals surface area contributed by atoms with Crippen LogP contribution in [0, 0.1) is 18.8 Å². The average molecular weight is 372 g/mol. The van der Waals surface area contributed by atoms with Crippen LogP contribution < -0.4 is 0 Å². The molecular weight excluding hydrogens is 353 g/mol. The molecule has 2 aromatic heterocycles. The van der Waals surface area contributed by atoms with E-state index in [1.807, 2.05) is 19.1 Å². The predicted molar refractivity (Wildman–Crippen MR) is 90.7 cm³/mol. The quantitative estimate of drug-likeness (QED) is 0.751. The first-order valence-electron chi connectivity index (χ1n) is 7.67. The molecule has 0 saturated heterocycles. The summed E-state index contributed by atoms with van der Waals surface area (Å²) in [5.41, 5.74) is 0.314. The lowest BCUT2D eigenvalue weighted by Crippen LogP contribution is -2.40. The number of carbonyl (C=O) groups excluding carboxylic acids is 1. The molecule has 1 fully saturated rings. The number of amides is 1. The van der Waals surface area contributed by atoms with Crippen molar-refractivity contribution in [3.05, 3.63) is 38.6 Å². The van der Waals surface area contributed by atoms with Gasteiger partial charge in [0.25, 0.3) is 5.91 Å². The van der Waals surface area contributed by atoms with Crippen LogP contribution in [0.5, 0.6) is 0 Å². The van der Waals surface area contributed by atoms with E-state index in [2.05, 4.69) is 5.10 Å². The maximum Gasteiger partial charge on any atom is 0.284 e. The molecule has 0 aromatic carbocycles. The maximum atomic E-state index is 14.2. The van der Waals surface area contributed by atoms with Gasteiger partial charge in [-0.1, -0.05) is 11.6 Å². The summed E-state index contributed by atoms with van der Waals surface area (Å²) in [6.45, 7) is 3.54. The molecule has 1 aliphatic rings. The molecule has 1 amide bonds. The monoisotopic (exact) mass is 371 g/mol. The van der Waals surface area contributed by atoms with Gasteiger partial charge in [-0.25, -0.2) is 9.75 Å². The van der Waals surface area contributed by atoms with Crippen LogP contribution in [0.2, 0.25) is 4.34 Å². The van der Waals surface area contributed by atoms with Crippen LogP contribution in [0.1, 0.15) is 40.2 Å². The molecule has 1 saturated carbocycles. The predicted octanol–water partition coefficient (Wildman–Crippen LogP) is 3.78. The first kappa shape index (κ1) is 17.4. The van der Waals surface area contributed by atoms with Gasteiger partial charge in [0.2, 0.25) is 5.95 Å². The number of nitrogens with zero attached hydrogens (tertiary/aromatic N) is 3. The zero-order valence-corrected chi connectivity index (χ0v) is 15.5. The van der Waals surface area contributed by atoms with Crippen molar-refractivity contribution >= 4 is 28.8 Å². The van der Waals surface area contributed by atoms with Crippen LogP contribution in [0.3, 0.4) is 0 Å². The van der Waals surface area contributed by atoms with Crippen LogP contribution in [-0.2, 0) is 11.9 Å². The smallest absolute Gasteiger partial charge is 0.274 e. The zero-order valence-electron chi connectivity index (χ0n) is 13.9. The van der Waals surface area contributed by atoms with E-state index in [0.717, 1.165) is 15.4 Å². The van der Waals surface area contributed by atoms with Gasteiger partial charge in [0, 0.05) is 11.9 Å². The van der Waals surface area contributed by atoms with Crippen molar-refractivity contribution in [2.45, 2.75) is 32.2 Å². The number of hydrogen-bond donors (Lipinski definition) is 0. The van der Waals surface area contributed by atoms with Gasteiger partial charge in [-0.3, -0.25) is 9.63 Å². The number of aromatic nitrogens is 2. The van der Waals surface area contributed by atoms with Gasteiger partial charge in [-0.2, -0.15) is 9.49 Å². The number of rotatable bonds is 5. The van der Waals surface area contributed by atoms with Crippen LogP contribution >= 0.6 is 22.9 Å². The van der Waals surface area contributed by atoms with Crippen molar-refractivity contribution in [2.75, 3.05) is 7.11 Å². The second-order valence-electron chi connectivity index (χ2n) is 6.08. The van der Waals surface area contributed by atoms with Crippen LogP contribution in [0.25, 0.3) is 0 Å². The third-order valence-corrected chi connectivity index (χ3v) is 5.91. The summed E-state index contributed by atoms with van der Waals surface area (Å²) in [6, 6.07) is 3.73. The molecule has 1 aliphatic carbocycles. The minimum atomic E-state index is -0.649. The molecule has 2 heterocycles. The van der Waals surface area contributed by atoms with Gasteiger partial charge in [-0.15, -0.1) is 11.3 Å². The standard InChI is InChI=1S/C16H19ClFN3O2S/c1-8-14(15(18)20(3)19-8)16(22)21(23-4)9(2)10-7-11(10)12-5-6-13(17)24-12/h5-6,9-11H,7H2,1-4H3. The SMILES string of the molecule is CON(C(=O)c1c(C)nn(C)c1F)C(C)C1CC1c1ccc(Cl)s1. The fraction of sp³-hybridized carbons (Fsp3) is 0.500. The van der Waals surface area contributed by atoms with Gasteiger partial charge in [-0.05, 0) is 44.2 Å². The molecule has 0 aliphatic heterocycles. The minimum absolute atomic E-state index is 0.0393. The fourth-order valence-corrected chi connectivity index (χ4v) is 4.44. The van der Waals surface area contributed by atoms with E-state index in [9.17, 15) is 9.18 Å². The van der Waals surface area contributed by atoms with Gasteiger partial charge < -0.3 is 0 Å². The lowest BCUT2D eigenvalue weighted by atomic mass is 10.1. The minimum Gasteiger partial charge on any atom is -0.274 e. The summed E-state index contributed by atoms with van der Waals surface area (Å²) in [5, 5.41) is 5.22. The van der Waals surface area contributed by atoms with Crippen LogP contribution in [0.15, 0.2) is 12.1 Å². The molecule has 5 nitrogen and oxygen atoms in total. The molecule has 3 atom stereocenters. The van der Waals surface area contributed by atoms with Crippen LogP contribution in [0.4, 0.5) is 4.39 Å². The highest BCUT2D eigenvalue weighted by Crippen LogP contribution is 2.53. The van der Waals surface area contributed by atoms with E-state index in [1.165, 1.54) is 24.1 Å². The first-order chi connectivity index (χ1) is 11.3. The van der Waals surface area contributed by atoms with Crippen molar-refractivity contribution in [2.24, 2.45) is 13.0 Å². The highest BCUT2D eigenvalue weighted by atomic mass is 35.5. The molecule has 0 spiro atoms. The van der Waals surface area contributed by atoms with Gasteiger partial charge in [0.05, 0.1) is 23.2 Å². The Kier molecular flexibility index (Phi) is 4.68. The molecular formula is C16H19ClFN3O2S. The Hall–Kier alpha value is -1.44. The topological polar surface area (TPSA) is 47.4 Å².